The largest absolute Gasteiger partial charge is 0.276 e. The van der Waals surface area contributed by atoms with E-state index in [9.17, 15) is 4.79 Å². The summed E-state index contributed by atoms with van der Waals surface area (Å²) in [7, 11) is 0. The molecule has 0 radical (unpaired) electrons. The molecule has 0 aliphatic carbocycles. The average molecular weight is 432 g/mol. The molecule has 32 heavy (non-hydrogen) atoms. The first-order valence-electron chi connectivity index (χ1n) is 10.5. The van der Waals surface area contributed by atoms with Gasteiger partial charge in [-0.05, 0) is 64.0 Å². The molecular weight excluding hydrogens is 414 g/mol. The molecule has 0 spiro atoms. The summed E-state index contributed by atoms with van der Waals surface area (Å²) >= 11 is 6.10. The number of carbonyl (C=O) groups is 1. The summed E-state index contributed by atoms with van der Waals surface area (Å²) in [5, 5.41) is 2.72. The number of rotatable bonds is 3. The van der Waals surface area contributed by atoms with E-state index in [-0.39, 0.29) is 5.91 Å². The lowest BCUT2D eigenvalue weighted by atomic mass is 9.87. The Hall–Kier alpha value is -3.88. The van der Waals surface area contributed by atoms with Gasteiger partial charge in [-0.3, -0.25) is 9.69 Å². The smallest absolute Gasteiger partial charge is 0.263 e. The van der Waals surface area contributed by atoms with Gasteiger partial charge in [0.05, 0.1) is 11.3 Å². The first-order valence-corrected chi connectivity index (χ1v) is 10.9. The van der Waals surface area contributed by atoms with Crippen molar-refractivity contribution in [3.05, 3.63) is 120 Å². The molecule has 2 nitrogen and oxygen atoms in total. The fourth-order valence-electron chi connectivity index (χ4n) is 4.66. The standard InChI is InChI=1S/C29H18ClNO/c30-21-14-16-22(17-15-21)31-26-13-7-12-23-27(20-10-5-2-6-11-20)24(19-8-3-1-4-9-19)18-25(28(23)26)29(31)32/h1-18H. The molecule has 1 heterocycles. The molecule has 5 aromatic rings. The molecular formula is C29H18ClNO. The van der Waals surface area contributed by atoms with Crippen LogP contribution in [0.15, 0.2) is 109 Å². The Bertz CT molecular complexity index is 1480. The molecule has 0 bridgehead atoms. The Balaban J connectivity index is 1.69. The van der Waals surface area contributed by atoms with Gasteiger partial charge in [0.1, 0.15) is 0 Å². The number of halogens is 1. The number of amides is 1. The van der Waals surface area contributed by atoms with Crippen LogP contribution in [0, 0.1) is 0 Å². The molecule has 6 rings (SSSR count). The predicted octanol–water partition coefficient (Wildman–Crippen LogP) is 8.12. The van der Waals surface area contributed by atoms with Crippen molar-refractivity contribution >= 4 is 39.7 Å². The summed E-state index contributed by atoms with van der Waals surface area (Å²) < 4.78 is 0. The normalized spacial score (nSPS) is 12.5. The zero-order chi connectivity index (χ0) is 21.7. The highest BCUT2D eigenvalue weighted by Gasteiger charge is 2.33. The minimum absolute atomic E-state index is 0.0182. The zero-order valence-corrected chi connectivity index (χ0v) is 17.9. The molecule has 0 saturated carbocycles. The number of carbonyl (C=O) groups excluding carboxylic acids is 1. The van der Waals surface area contributed by atoms with Crippen molar-refractivity contribution in [2.75, 3.05) is 4.90 Å². The van der Waals surface area contributed by atoms with Crippen LogP contribution < -0.4 is 4.90 Å². The van der Waals surface area contributed by atoms with Gasteiger partial charge in [-0.15, -0.1) is 0 Å². The lowest BCUT2D eigenvalue weighted by molar-refractivity contribution is 0.100. The SMILES string of the molecule is O=C1c2cc(-c3ccccc3)c(-c3ccccc3)c3cccc(c23)N1c1ccc(Cl)cc1. The third-order valence-electron chi connectivity index (χ3n) is 6.05. The molecule has 0 aromatic heterocycles. The van der Waals surface area contributed by atoms with Gasteiger partial charge in [0.2, 0.25) is 0 Å². The van der Waals surface area contributed by atoms with Gasteiger partial charge < -0.3 is 0 Å². The number of benzene rings is 5. The zero-order valence-electron chi connectivity index (χ0n) is 17.1. The van der Waals surface area contributed by atoms with E-state index in [2.05, 4.69) is 48.5 Å². The summed E-state index contributed by atoms with van der Waals surface area (Å²) in [6.45, 7) is 0. The molecule has 0 unspecified atom stereocenters. The lowest BCUT2D eigenvalue weighted by Gasteiger charge is -2.18. The Morgan fingerprint density at radius 3 is 1.97 bits per heavy atom. The van der Waals surface area contributed by atoms with Crippen LogP contribution in [-0.4, -0.2) is 5.91 Å². The Labute approximate surface area is 191 Å². The van der Waals surface area contributed by atoms with Crippen LogP contribution in [0.25, 0.3) is 33.0 Å². The van der Waals surface area contributed by atoms with Crippen molar-refractivity contribution in [2.24, 2.45) is 0 Å². The highest BCUT2D eigenvalue weighted by Crippen LogP contribution is 2.48. The fourth-order valence-corrected chi connectivity index (χ4v) is 4.78. The fraction of sp³-hybridized carbons (Fsp3) is 0. The van der Waals surface area contributed by atoms with Crippen LogP contribution in [0.1, 0.15) is 10.4 Å². The number of anilines is 2. The van der Waals surface area contributed by atoms with Crippen LogP contribution in [0.5, 0.6) is 0 Å². The number of hydrogen-bond donors (Lipinski definition) is 0. The second kappa shape index (κ2) is 7.37. The van der Waals surface area contributed by atoms with E-state index in [4.69, 9.17) is 11.6 Å². The molecule has 5 aromatic carbocycles. The van der Waals surface area contributed by atoms with Gasteiger partial charge in [0, 0.05) is 16.1 Å². The minimum Gasteiger partial charge on any atom is -0.276 e. The van der Waals surface area contributed by atoms with Crippen LogP contribution in [0.3, 0.4) is 0 Å². The Kier molecular flexibility index (Phi) is 4.34. The van der Waals surface area contributed by atoms with Crippen molar-refractivity contribution < 1.29 is 4.79 Å². The molecule has 1 amide bonds. The van der Waals surface area contributed by atoms with Gasteiger partial charge in [0.25, 0.3) is 5.91 Å². The van der Waals surface area contributed by atoms with Gasteiger partial charge in [-0.2, -0.15) is 0 Å². The van der Waals surface area contributed by atoms with Gasteiger partial charge in [-0.1, -0.05) is 84.4 Å². The van der Waals surface area contributed by atoms with Gasteiger partial charge in [0.15, 0.2) is 0 Å². The molecule has 0 atom stereocenters. The van der Waals surface area contributed by atoms with E-state index in [1.807, 2.05) is 60.7 Å². The number of hydrogen-bond acceptors (Lipinski definition) is 1. The molecule has 152 valence electrons. The van der Waals surface area contributed by atoms with E-state index in [1.54, 1.807) is 4.90 Å². The molecule has 0 N–H and O–H groups in total. The first-order chi connectivity index (χ1) is 15.7. The average Bonchev–Trinajstić information content (AvgIpc) is 3.13. The topological polar surface area (TPSA) is 20.3 Å². The molecule has 0 fully saturated rings. The molecule has 1 aliphatic heterocycles. The van der Waals surface area contributed by atoms with E-state index in [0.717, 1.165) is 50.0 Å². The summed E-state index contributed by atoms with van der Waals surface area (Å²) in [6, 6.07) is 36.3. The maximum Gasteiger partial charge on any atom is 0.263 e. The first kappa shape index (κ1) is 18.9. The Morgan fingerprint density at radius 1 is 0.625 bits per heavy atom. The maximum atomic E-state index is 13.7. The highest BCUT2D eigenvalue weighted by atomic mass is 35.5. The van der Waals surface area contributed by atoms with E-state index in [0.29, 0.717) is 5.02 Å². The Morgan fingerprint density at radius 2 is 1.28 bits per heavy atom. The third-order valence-corrected chi connectivity index (χ3v) is 6.30. The van der Waals surface area contributed by atoms with Crippen LogP contribution >= 0.6 is 11.6 Å². The van der Waals surface area contributed by atoms with Crippen molar-refractivity contribution in [1.82, 2.24) is 0 Å². The van der Waals surface area contributed by atoms with Crippen LogP contribution in [-0.2, 0) is 0 Å². The van der Waals surface area contributed by atoms with Gasteiger partial charge >= 0.3 is 0 Å². The van der Waals surface area contributed by atoms with E-state index in [1.165, 1.54) is 0 Å². The monoisotopic (exact) mass is 431 g/mol. The maximum absolute atomic E-state index is 13.7. The summed E-state index contributed by atoms with van der Waals surface area (Å²) in [5.74, 6) is -0.0182. The van der Waals surface area contributed by atoms with Crippen LogP contribution in [0.4, 0.5) is 11.4 Å². The molecule has 3 heteroatoms. The van der Waals surface area contributed by atoms with Crippen LogP contribution in [0.2, 0.25) is 5.02 Å². The van der Waals surface area contributed by atoms with Crippen molar-refractivity contribution in [1.29, 1.82) is 0 Å². The predicted molar refractivity (Wildman–Crippen MR) is 133 cm³/mol. The highest BCUT2D eigenvalue weighted by molar-refractivity contribution is 6.32. The van der Waals surface area contributed by atoms with E-state index >= 15 is 0 Å². The quantitative estimate of drug-likeness (QED) is 0.282. The lowest BCUT2D eigenvalue weighted by Crippen LogP contribution is -2.20. The van der Waals surface area contributed by atoms with Crippen molar-refractivity contribution in [2.45, 2.75) is 0 Å². The van der Waals surface area contributed by atoms with Gasteiger partial charge in [-0.25, -0.2) is 0 Å². The summed E-state index contributed by atoms with van der Waals surface area (Å²) in [6.07, 6.45) is 0. The minimum atomic E-state index is -0.0182. The van der Waals surface area contributed by atoms with Crippen molar-refractivity contribution in [3.8, 4) is 22.3 Å². The second-order valence-corrected chi connectivity index (χ2v) is 8.33. The third kappa shape index (κ3) is 2.84. The molecule has 0 saturated heterocycles. The second-order valence-electron chi connectivity index (χ2n) is 7.90. The summed E-state index contributed by atoms with van der Waals surface area (Å²) in [5.41, 5.74) is 6.86. The summed E-state index contributed by atoms with van der Waals surface area (Å²) in [4.78, 5) is 15.5. The van der Waals surface area contributed by atoms with E-state index < -0.39 is 0 Å². The number of nitrogens with zero attached hydrogens (tertiary/aromatic N) is 1. The van der Waals surface area contributed by atoms with Crippen molar-refractivity contribution in [3.63, 3.8) is 0 Å². The molecule has 1 aliphatic rings.